The first-order chi connectivity index (χ1) is 15.1. The fourth-order valence-corrected chi connectivity index (χ4v) is 4.93. The van der Waals surface area contributed by atoms with Crippen LogP contribution in [0.2, 0.25) is 0 Å². The number of thiazole rings is 1. The number of H-pyrrole nitrogens is 1. The maximum absolute atomic E-state index is 12.5. The number of aromatic amines is 1. The number of fused-ring (bicyclic) bond motifs is 1. The van der Waals surface area contributed by atoms with Gasteiger partial charge in [0, 0.05) is 18.3 Å². The van der Waals surface area contributed by atoms with E-state index < -0.39 is 39.8 Å². The monoisotopic (exact) mass is 482 g/mol. The third-order valence-electron chi connectivity index (χ3n) is 4.16. The lowest BCUT2D eigenvalue weighted by molar-refractivity contribution is -0.134. The normalized spacial score (nSPS) is 11.4. The highest BCUT2D eigenvalue weighted by atomic mass is 32.2. The minimum atomic E-state index is -4.00. The number of carboxylic acid groups (broad SMARTS) is 1. The average molecular weight is 483 g/mol. The van der Waals surface area contributed by atoms with Gasteiger partial charge >= 0.3 is 11.8 Å². The number of hydrazine groups is 1. The first-order valence-electron chi connectivity index (χ1n) is 9.02. The van der Waals surface area contributed by atoms with Gasteiger partial charge in [0.2, 0.25) is 4.34 Å². The van der Waals surface area contributed by atoms with Crippen LogP contribution in [0, 0.1) is 6.92 Å². The molecule has 32 heavy (non-hydrogen) atoms. The number of para-hydroxylation sites is 1. The Hall–Kier alpha value is -3.56. The molecule has 3 aromatic rings. The summed E-state index contributed by atoms with van der Waals surface area (Å²) in [4.78, 5) is 52.9. The quantitative estimate of drug-likeness (QED) is 0.323. The number of hydrogen-bond donors (Lipinski definition) is 4. The molecule has 3 rings (SSSR count). The van der Waals surface area contributed by atoms with Gasteiger partial charge in [-0.05, 0) is 19.1 Å². The standard InChI is InChI=1S/C17H18N6O7S2/c1-10-8-22(15(26)20-14(10)25)9-13(24)23(21-16(27)28)7-6-18-32(29,30)17-19-11-4-2-3-5-12(11)31-17/h2-5,8,18,21H,6-7,9H2,1H3,(H,27,28)(H,20,25,26). The molecule has 0 aliphatic heterocycles. The molecule has 0 aliphatic carbocycles. The molecule has 4 N–H and O–H groups in total. The Kier molecular flexibility index (Phi) is 6.71. The number of carbonyl (C=O) groups is 2. The van der Waals surface area contributed by atoms with Crippen LogP contribution in [-0.2, 0) is 21.4 Å². The topological polar surface area (TPSA) is 184 Å². The van der Waals surface area contributed by atoms with Crippen LogP contribution in [0.15, 0.2) is 44.4 Å². The van der Waals surface area contributed by atoms with Gasteiger partial charge in [-0.15, -0.1) is 11.3 Å². The molecule has 0 fully saturated rings. The van der Waals surface area contributed by atoms with Crippen LogP contribution in [0.3, 0.4) is 0 Å². The summed E-state index contributed by atoms with van der Waals surface area (Å²) < 4.78 is 28.7. The summed E-state index contributed by atoms with van der Waals surface area (Å²) >= 11 is 0.967. The Labute approximate surface area is 184 Å². The van der Waals surface area contributed by atoms with Crippen molar-refractivity contribution in [2.24, 2.45) is 0 Å². The van der Waals surface area contributed by atoms with Crippen molar-refractivity contribution >= 4 is 43.6 Å². The minimum Gasteiger partial charge on any atom is -0.464 e. The van der Waals surface area contributed by atoms with Crippen LogP contribution < -0.4 is 21.4 Å². The van der Waals surface area contributed by atoms with Crippen molar-refractivity contribution in [1.82, 2.24) is 29.7 Å². The van der Waals surface area contributed by atoms with Crippen LogP contribution >= 0.6 is 11.3 Å². The lowest BCUT2D eigenvalue weighted by atomic mass is 10.3. The van der Waals surface area contributed by atoms with E-state index in [0.29, 0.717) is 15.2 Å². The van der Waals surface area contributed by atoms with Gasteiger partial charge in [-0.3, -0.25) is 19.1 Å². The fourth-order valence-electron chi connectivity index (χ4n) is 2.65. The van der Waals surface area contributed by atoms with Crippen LogP contribution in [0.25, 0.3) is 10.2 Å². The molecule has 0 unspecified atom stereocenters. The Bertz CT molecular complexity index is 1360. The van der Waals surface area contributed by atoms with Crippen LogP contribution in [0.1, 0.15) is 5.56 Å². The molecule has 0 saturated carbocycles. The molecule has 2 aromatic heterocycles. The molecular weight excluding hydrogens is 464 g/mol. The second-order valence-electron chi connectivity index (χ2n) is 6.51. The average Bonchev–Trinajstić information content (AvgIpc) is 3.16. The van der Waals surface area contributed by atoms with Gasteiger partial charge in [0.15, 0.2) is 0 Å². The van der Waals surface area contributed by atoms with Crippen LogP contribution in [0.4, 0.5) is 4.79 Å². The molecule has 0 aliphatic rings. The Morgan fingerprint density at radius 3 is 2.69 bits per heavy atom. The first-order valence-corrected chi connectivity index (χ1v) is 11.3. The number of carbonyl (C=O) groups excluding carboxylic acids is 1. The molecule has 0 bridgehead atoms. The van der Waals surface area contributed by atoms with Crippen molar-refractivity contribution < 1.29 is 23.1 Å². The summed E-state index contributed by atoms with van der Waals surface area (Å²) in [5, 5.41) is 9.63. The van der Waals surface area contributed by atoms with Crippen LogP contribution in [-0.4, -0.2) is 58.2 Å². The summed E-state index contributed by atoms with van der Waals surface area (Å²) in [6.45, 7) is 0.154. The number of benzene rings is 1. The molecule has 0 spiro atoms. The zero-order valence-electron chi connectivity index (χ0n) is 16.6. The highest BCUT2D eigenvalue weighted by Gasteiger charge is 2.22. The smallest absolute Gasteiger partial charge is 0.423 e. The van der Waals surface area contributed by atoms with E-state index in [1.807, 2.05) is 10.4 Å². The van der Waals surface area contributed by atoms with Gasteiger partial charge in [0.25, 0.3) is 21.5 Å². The fraction of sp³-hybridized carbons (Fsp3) is 0.235. The highest BCUT2D eigenvalue weighted by molar-refractivity contribution is 7.91. The number of nitrogens with zero attached hydrogens (tertiary/aromatic N) is 3. The van der Waals surface area contributed by atoms with Crippen molar-refractivity contribution in [2.75, 3.05) is 13.1 Å². The summed E-state index contributed by atoms with van der Waals surface area (Å²) in [6, 6.07) is 6.87. The van der Waals surface area contributed by atoms with Crippen LogP contribution in [0.5, 0.6) is 0 Å². The molecule has 13 nitrogen and oxygen atoms in total. The summed E-state index contributed by atoms with van der Waals surface area (Å²) in [6.07, 6.45) is -0.397. The summed E-state index contributed by atoms with van der Waals surface area (Å²) in [7, 11) is -4.00. The number of aryl methyl sites for hydroxylation is 1. The van der Waals surface area contributed by atoms with Crippen molar-refractivity contribution in [3.8, 4) is 0 Å². The Balaban J connectivity index is 1.69. The van der Waals surface area contributed by atoms with E-state index in [1.54, 1.807) is 24.3 Å². The first kappa shape index (κ1) is 23.1. The second-order valence-corrected chi connectivity index (χ2v) is 9.48. The number of nitrogens with one attached hydrogen (secondary N) is 3. The maximum atomic E-state index is 12.5. The van der Waals surface area contributed by atoms with Gasteiger partial charge < -0.3 is 5.11 Å². The van der Waals surface area contributed by atoms with Gasteiger partial charge in [-0.1, -0.05) is 12.1 Å². The van der Waals surface area contributed by atoms with Crippen molar-refractivity contribution in [2.45, 2.75) is 17.8 Å². The lowest BCUT2D eigenvalue weighted by Gasteiger charge is -2.22. The highest BCUT2D eigenvalue weighted by Crippen LogP contribution is 2.24. The Morgan fingerprint density at radius 2 is 2.00 bits per heavy atom. The second kappa shape index (κ2) is 9.29. The lowest BCUT2D eigenvalue weighted by Crippen LogP contribution is -2.50. The van der Waals surface area contributed by atoms with E-state index in [1.165, 1.54) is 6.92 Å². The number of aromatic nitrogens is 3. The Morgan fingerprint density at radius 1 is 1.28 bits per heavy atom. The predicted octanol–water partition coefficient (Wildman–Crippen LogP) is -0.556. The minimum absolute atomic E-state index is 0.168. The van der Waals surface area contributed by atoms with E-state index >= 15 is 0 Å². The van der Waals surface area contributed by atoms with Crippen molar-refractivity contribution in [3.05, 3.63) is 56.9 Å². The van der Waals surface area contributed by atoms with E-state index in [4.69, 9.17) is 5.11 Å². The van der Waals surface area contributed by atoms with Gasteiger partial charge in [-0.25, -0.2) is 38.1 Å². The number of amides is 2. The molecule has 1 aromatic carbocycles. The van der Waals surface area contributed by atoms with E-state index in [2.05, 4.69) is 9.71 Å². The van der Waals surface area contributed by atoms with Gasteiger partial charge in [0.1, 0.15) is 6.54 Å². The molecular formula is C17H18N6O7S2. The van der Waals surface area contributed by atoms with Crippen molar-refractivity contribution in [3.63, 3.8) is 0 Å². The molecule has 15 heteroatoms. The third kappa shape index (κ3) is 5.37. The van der Waals surface area contributed by atoms with E-state index in [-0.39, 0.29) is 23.0 Å². The molecule has 170 valence electrons. The number of hydrogen-bond acceptors (Lipinski definition) is 8. The summed E-state index contributed by atoms with van der Waals surface area (Å²) in [5.74, 6) is -0.847. The SMILES string of the molecule is Cc1cn(CC(=O)N(CCNS(=O)(=O)c2nc3ccccc3s2)NC(=O)O)c(=O)[nH]c1=O. The summed E-state index contributed by atoms with van der Waals surface area (Å²) in [5.41, 5.74) is 1.10. The van der Waals surface area contributed by atoms with E-state index in [0.717, 1.165) is 22.1 Å². The largest absolute Gasteiger partial charge is 0.464 e. The molecule has 0 atom stereocenters. The maximum Gasteiger partial charge on any atom is 0.423 e. The number of sulfonamides is 1. The number of rotatable bonds is 7. The van der Waals surface area contributed by atoms with Gasteiger partial charge in [0.05, 0.1) is 16.8 Å². The zero-order chi connectivity index (χ0) is 23.5. The molecule has 0 saturated heterocycles. The third-order valence-corrected chi connectivity index (χ3v) is 7.03. The zero-order valence-corrected chi connectivity index (χ0v) is 18.2. The molecule has 0 radical (unpaired) electrons. The predicted molar refractivity (Wildman–Crippen MR) is 114 cm³/mol. The van der Waals surface area contributed by atoms with Crippen molar-refractivity contribution in [1.29, 1.82) is 0 Å². The molecule has 2 amide bonds. The van der Waals surface area contributed by atoms with E-state index in [9.17, 15) is 27.6 Å². The van der Waals surface area contributed by atoms with Gasteiger partial charge in [-0.2, -0.15) is 0 Å². The molecule has 2 heterocycles.